The molecule has 0 radical (unpaired) electrons. The van der Waals surface area contributed by atoms with Crippen molar-refractivity contribution in [1.82, 2.24) is 15.2 Å². The molecular formula is C15H19FN4O3. The van der Waals surface area contributed by atoms with Crippen molar-refractivity contribution in [2.75, 3.05) is 44.6 Å². The first-order valence-corrected chi connectivity index (χ1v) is 7.57. The normalized spacial score (nSPS) is 17.3. The fourth-order valence-electron chi connectivity index (χ4n) is 2.65. The Bertz CT molecular complexity index is 730. The zero-order valence-corrected chi connectivity index (χ0v) is 12.6. The van der Waals surface area contributed by atoms with E-state index < -0.39 is 17.7 Å². The van der Waals surface area contributed by atoms with Gasteiger partial charge in [0.2, 0.25) is 0 Å². The van der Waals surface area contributed by atoms with Gasteiger partial charge in [-0.1, -0.05) is 0 Å². The Morgan fingerprint density at radius 1 is 1.43 bits per heavy atom. The second-order valence-electron chi connectivity index (χ2n) is 5.55. The molecule has 7 nitrogen and oxygen atoms in total. The molecule has 0 aliphatic carbocycles. The summed E-state index contributed by atoms with van der Waals surface area (Å²) in [5.41, 5.74) is 0.255. The molecule has 3 N–H and O–H groups in total. The van der Waals surface area contributed by atoms with Crippen molar-refractivity contribution in [2.45, 2.75) is 6.10 Å². The van der Waals surface area contributed by atoms with E-state index >= 15 is 0 Å². The molecule has 0 saturated carbocycles. The van der Waals surface area contributed by atoms with E-state index in [1.54, 1.807) is 0 Å². The van der Waals surface area contributed by atoms with Crippen molar-refractivity contribution >= 4 is 16.8 Å². The minimum atomic E-state index is -0.761. The molecule has 3 rings (SSSR count). The predicted molar refractivity (Wildman–Crippen MR) is 84.0 cm³/mol. The molecule has 1 fully saturated rings. The third-order valence-electron chi connectivity index (χ3n) is 3.78. The number of hydrogen-bond acceptors (Lipinski definition) is 7. The first-order valence-electron chi connectivity index (χ1n) is 7.57. The lowest BCUT2D eigenvalue weighted by atomic mass is 10.2. The van der Waals surface area contributed by atoms with E-state index in [9.17, 15) is 14.3 Å². The van der Waals surface area contributed by atoms with Crippen LogP contribution in [0.3, 0.4) is 0 Å². The molecule has 1 unspecified atom stereocenters. The van der Waals surface area contributed by atoms with Crippen molar-refractivity contribution in [3.63, 3.8) is 0 Å². The molecule has 23 heavy (non-hydrogen) atoms. The van der Waals surface area contributed by atoms with Crippen molar-refractivity contribution in [2.24, 2.45) is 0 Å². The Morgan fingerprint density at radius 2 is 2.22 bits per heavy atom. The van der Waals surface area contributed by atoms with Crippen molar-refractivity contribution in [3.8, 4) is 0 Å². The van der Waals surface area contributed by atoms with Crippen LogP contribution in [0, 0.1) is 5.82 Å². The maximum absolute atomic E-state index is 13.4. The average Bonchev–Trinajstić information content (AvgIpc) is 2.54. The molecule has 0 bridgehead atoms. The Kier molecular flexibility index (Phi) is 4.85. The quantitative estimate of drug-likeness (QED) is 0.714. The van der Waals surface area contributed by atoms with E-state index in [0.29, 0.717) is 11.9 Å². The van der Waals surface area contributed by atoms with Crippen LogP contribution < -0.4 is 16.4 Å². The molecule has 1 saturated heterocycles. The predicted octanol–water partition coefficient (Wildman–Crippen LogP) is 0.00510. The molecule has 0 amide bonds. The van der Waals surface area contributed by atoms with Crippen LogP contribution in [0.15, 0.2) is 27.4 Å². The molecule has 124 valence electrons. The van der Waals surface area contributed by atoms with Gasteiger partial charge in [0.1, 0.15) is 17.2 Å². The number of benzene rings is 1. The van der Waals surface area contributed by atoms with Crippen LogP contribution in [0.25, 0.3) is 11.0 Å². The number of nitrogens with zero attached hydrogens (tertiary/aromatic N) is 2. The summed E-state index contributed by atoms with van der Waals surface area (Å²) < 4.78 is 18.3. The summed E-state index contributed by atoms with van der Waals surface area (Å²) in [6, 6.07) is 3.85. The summed E-state index contributed by atoms with van der Waals surface area (Å²) >= 11 is 0. The van der Waals surface area contributed by atoms with Gasteiger partial charge in [0.15, 0.2) is 0 Å². The number of hydrogen-bond donors (Lipinski definition) is 3. The SMILES string of the molecule is O=c1nc(NCC(O)CN2CCNCC2)c2cc(F)ccc2o1. The number of β-amino-alcohol motifs (C(OH)–C–C–N with tert-alkyl or cyclic N) is 1. The van der Waals surface area contributed by atoms with E-state index in [4.69, 9.17) is 4.42 Å². The van der Waals surface area contributed by atoms with Crippen molar-refractivity contribution in [1.29, 1.82) is 0 Å². The van der Waals surface area contributed by atoms with E-state index in [0.717, 1.165) is 26.2 Å². The molecule has 2 aromatic rings. The second kappa shape index (κ2) is 7.03. The Labute approximate surface area is 132 Å². The lowest BCUT2D eigenvalue weighted by molar-refractivity contribution is 0.114. The van der Waals surface area contributed by atoms with Crippen LogP contribution in [-0.2, 0) is 0 Å². The standard InChI is InChI=1S/C15H19FN4O3/c16-10-1-2-13-12(7-10)14(19-15(22)23-13)18-8-11(21)9-20-5-3-17-4-6-20/h1-2,7,11,17,21H,3-6,8-9H2,(H,18,19,22). The summed E-state index contributed by atoms with van der Waals surface area (Å²) in [6.07, 6.45) is -0.620. The number of piperazine rings is 1. The molecule has 2 heterocycles. The summed E-state index contributed by atoms with van der Waals surface area (Å²) in [7, 11) is 0. The molecule has 1 aliphatic heterocycles. The third-order valence-corrected chi connectivity index (χ3v) is 3.78. The maximum Gasteiger partial charge on any atom is 0.441 e. The van der Waals surface area contributed by atoms with E-state index in [1.807, 2.05) is 0 Å². The molecule has 1 aromatic heterocycles. The number of aliphatic hydroxyl groups is 1. The Hall–Kier alpha value is -2.03. The Morgan fingerprint density at radius 3 is 3.00 bits per heavy atom. The number of anilines is 1. The lowest BCUT2D eigenvalue weighted by Gasteiger charge is -2.29. The monoisotopic (exact) mass is 322 g/mol. The third kappa shape index (κ3) is 4.04. The molecule has 1 atom stereocenters. The minimum absolute atomic E-state index is 0.214. The number of fused-ring (bicyclic) bond motifs is 1. The van der Waals surface area contributed by atoms with Gasteiger partial charge in [-0.25, -0.2) is 9.18 Å². The number of aliphatic hydroxyl groups excluding tert-OH is 1. The zero-order chi connectivity index (χ0) is 16.2. The number of halogens is 1. The van der Waals surface area contributed by atoms with Gasteiger partial charge in [0.05, 0.1) is 11.5 Å². The van der Waals surface area contributed by atoms with Gasteiger partial charge in [-0.15, -0.1) is 0 Å². The van der Waals surface area contributed by atoms with Gasteiger partial charge < -0.3 is 20.2 Å². The van der Waals surface area contributed by atoms with Crippen LogP contribution in [-0.4, -0.2) is 60.4 Å². The molecule has 1 aliphatic rings. The van der Waals surface area contributed by atoms with E-state index in [-0.39, 0.29) is 17.9 Å². The highest BCUT2D eigenvalue weighted by molar-refractivity contribution is 5.87. The van der Waals surface area contributed by atoms with Gasteiger partial charge in [-0.2, -0.15) is 4.98 Å². The molecule has 0 spiro atoms. The van der Waals surface area contributed by atoms with Gasteiger partial charge in [0, 0.05) is 39.3 Å². The summed E-state index contributed by atoms with van der Waals surface area (Å²) in [6.45, 7) is 4.34. The van der Waals surface area contributed by atoms with Crippen LogP contribution >= 0.6 is 0 Å². The number of nitrogens with one attached hydrogen (secondary N) is 2. The summed E-state index contributed by atoms with van der Waals surface area (Å²) in [5, 5.41) is 16.7. The van der Waals surface area contributed by atoms with Gasteiger partial charge in [0.25, 0.3) is 0 Å². The summed E-state index contributed by atoms with van der Waals surface area (Å²) in [4.78, 5) is 17.3. The van der Waals surface area contributed by atoms with Gasteiger partial charge in [-0.05, 0) is 18.2 Å². The van der Waals surface area contributed by atoms with Crippen LogP contribution in [0.4, 0.5) is 10.2 Å². The molecule has 8 heteroatoms. The number of rotatable bonds is 5. The van der Waals surface area contributed by atoms with Crippen LogP contribution in [0.1, 0.15) is 0 Å². The van der Waals surface area contributed by atoms with Crippen molar-refractivity contribution < 1.29 is 13.9 Å². The highest BCUT2D eigenvalue weighted by Crippen LogP contribution is 2.20. The lowest BCUT2D eigenvalue weighted by Crippen LogP contribution is -2.47. The van der Waals surface area contributed by atoms with E-state index in [1.165, 1.54) is 18.2 Å². The highest BCUT2D eigenvalue weighted by atomic mass is 19.1. The first-order chi connectivity index (χ1) is 11.1. The zero-order valence-electron chi connectivity index (χ0n) is 12.6. The van der Waals surface area contributed by atoms with Gasteiger partial charge >= 0.3 is 5.76 Å². The molecular weight excluding hydrogens is 303 g/mol. The smallest absolute Gasteiger partial charge is 0.408 e. The van der Waals surface area contributed by atoms with Crippen LogP contribution in [0.5, 0.6) is 0 Å². The number of aromatic nitrogens is 1. The largest absolute Gasteiger partial charge is 0.441 e. The topological polar surface area (TPSA) is 90.6 Å². The van der Waals surface area contributed by atoms with Gasteiger partial charge in [-0.3, -0.25) is 4.90 Å². The first kappa shape index (κ1) is 15.9. The maximum atomic E-state index is 13.4. The minimum Gasteiger partial charge on any atom is -0.408 e. The fraction of sp³-hybridized carbons (Fsp3) is 0.467. The second-order valence-corrected chi connectivity index (χ2v) is 5.55. The fourth-order valence-corrected chi connectivity index (χ4v) is 2.65. The summed E-state index contributed by atoms with van der Waals surface area (Å²) in [5.74, 6) is -0.990. The molecule has 1 aromatic carbocycles. The Balaban J connectivity index is 1.68. The average molecular weight is 322 g/mol. The highest BCUT2D eigenvalue weighted by Gasteiger charge is 2.15. The van der Waals surface area contributed by atoms with Crippen LogP contribution in [0.2, 0.25) is 0 Å². The van der Waals surface area contributed by atoms with E-state index in [2.05, 4.69) is 20.5 Å². The van der Waals surface area contributed by atoms with Crippen molar-refractivity contribution in [3.05, 3.63) is 34.6 Å².